The number of aromatic hydroxyl groups is 1. The Kier molecular flexibility index (Phi) is 2.83. The highest BCUT2D eigenvalue weighted by molar-refractivity contribution is 6.20. The average Bonchev–Trinajstić information content (AvgIpc) is 2.71. The zero-order chi connectivity index (χ0) is 11.7. The lowest BCUT2D eigenvalue weighted by atomic mass is 10.1. The van der Waals surface area contributed by atoms with E-state index < -0.39 is 0 Å². The summed E-state index contributed by atoms with van der Waals surface area (Å²) in [5.74, 6) is 0.950. The van der Waals surface area contributed by atoms with Crippen molar-refractivity contribution >= 4 is 11.6 Å². The van der Waals surface area contributed by atoms with Crippen LogP contribution in [0.2, 0.25) is 0 Å². The molecule has 0 aliphatic rings. The summed E-state index contributed by atoms with van der Waals surface area (Å²) in [4.78, 5) is 0. The molecular formula is C11H11ClN2O2. The van der Waals surface area contributed by atoms with Gasteiger partial charge in [0.05, 0.1) is 0 Å². The van der Waals surface area contributed by atoms with Crippen molar-refractivity contribution in [2.24, 2.45) is 0 Å². The minimum Gasteiger partial charge on any atom is -0.508 e. The SMILES string of the molecule is Cc1c(O)cccc1-c1nnc(C(C)Cl)o1. The van der Waals surface area contributed by atoms with Gasteiger partial charge in [-0.25, -0.2) is 0 Å². The summed E-state index contributed by atoms with van der Waals surface area (Å²) in [6.07, 6.45) is 0. The molecule has 5 heteroatoms. The normalized spacial score (nSPS) is 12.7. The van der Waals surface area contributed by atoms with Crippen LogP contribution in [0, 0.1) is 6.92 Å². The van der Waals surface area contributed by atoms with Crippen molar-refractivity contribution in [2.45, 2.75) is 19.2 Å². The first-order valence-electron chi connectivity index (χ1n) is 4.86. The lowest BCUT2D eigenvalue weighted by molar-refractivity contribution is 0.470. The van der Waals surface area contributed by atoms with Gasteiger partial charge in [0, 0.05) is 11.1 Å². The van der Waals surface area contributed by atoms with Gasteiger partial charge in [-0.05, 0) is 26.0 Å². The third kappa shape index (κ3) is 1.88. The van der Waals surface area contributed by atoms with E-state index in [0.29, 0.717) is 17.3 Å². The number of hydrogen-bond acceptors (Lipinski definition) is 4. The molecule has 0 saturated carbocycles. The van der Waals surface area contributed by atoms with Crippen LogP contribution in [0.15, 0.2) is 22.6 Å². The van der Waals surface area contributed by atoms with E-state index in [-0.39, 0.29) is 11.1 Å². The predicted molar refractivity (Wildman–Crippen MR) is 60.4 cm³/mol. The molecule has 0 amide bonds. The minimum atomic E-state index is -0.320. The number of halogens is 1. The van der Waals surface area contributed by atoms with E-state index >= 15 is 0 Å². The van der Waals surface area contributed by atoms with Crippen molar-refractivity contribution in [3.63, 3.8) is 0 Å². The van der Waals surface area contributed by atoms with E-state index in [1.807, 2.05) is 6.07 Å². The summed E-state index contributed by atoms with van der Waals surface area (Å²) in [7, 11) is 0. The maximum absolute atomic E-state index is 9.56. The van der Waals surface area contributed by atoms with Gasteiger partial charge in [0.2, 0.25) is 11.8 Å². The molecule has 1 aromatic carbocycles. The van der Waals surface area contributed by atoms with Gasteiger partial charge in [0.1, 0.15) is 11.1 Å². The van der Waals surface area contributed by atoms with Gasteiger partial charge in [-0.3, -0.25) is 0 Å². The smallest absolute Gasteiger partial charge is 0.248 e. The Hall–Kier alpha value is -1.55. The summed E-state index contributed by atoms with van der Waals surface area (Å²) in [5, 5.41) is 17.0. The van der Waals surface area contributed by atoms with Crippen molar-refractivity contribution in [1.29, 1.82) is 0 Å². The van der Waals surface area contributed by atoms with Gasteiger partial charge < -0.3 is 9.52 Å². The lowest BCUT2D eigenvalue weighted by Crippen LogP contribution is -1.83. The Morgan fingerprint density at radius 1 is 1.38 bits per heavy atom. The maximum atomic E-state index is 9.56. The zero-order valence-electron chi connectivity index (χ0n) is 8.94. The summed E-state index contributed by atoms with van der Waals surface area (Å²) in [6.45, 7) is 3.55. The van der Waals surface area contributed by atoms with Crippen LogP contribution in [0.5, 0.6) is 5.75 Å². The third-order valence-corrected chi connectivity index (χ3v) is 2.50. The molecule has 0 radical (unpaired) electrons. The van der Waals surface area contributed by atoms with E-state index in [1.165, 1.54) is 0 Å². The van der Waals surface area contributed by atoms with Crippen molar-refractivity contribution in [3.8, 4) is 17.2 Å². The van der Waals surface area contributed by atoms with Crippen LogP contribution in [0.4, 0.5) is 0 Å². The number of hydrogen-bond donors (Lipinski definition) is 1. The number of rotatable bonds is 2. The molecule has 1 atom stereocenters. The van der Waals surface area contributed by atoms with Gasteiger partial charge in [0.15, 0.2) is 0 Å². The average molecular weight is 239 g/mol. The fourth-order valence-corrected chi connectivity index (χ4v) is 1.45. The molecule has 0 aliphatic carbocycles. The highest BCUT2D eigenvalue weighted by Crippen LogP contribution is 2.29. The summed E-state index contributed by atoms with van der Waals surface area (Å²) in [6, 6.07) is 5.15. The zero-order valence-corrected chi connectivity index (χ0v) is 9.69. The van der Waals surface area contributed by atoms with Crippen LogP contribution in [0.1, 0.15) is 23.8 Å². The second-order valence-electron chi connectivity index (χ2n) is 3.51. The maximum Gasteiger partial charge on any atom is 0.248 e. The van der Waals surface area contributed by atoms with Crippen LogP contribution in [-0.4, -0.2) is 15.3 Å². The molecule has 2 rings (SSSR count). The molecule has 0 fully saturated rings. The Morgan fingerprint density at radius 3 is 2.75 bits per heavy atom. The number of alkyl halides is 1. The second kappa shape index (κ2) is 4.14. The lowest BCUT2D eigenvalue weighted by Gasteiger charge is -2.02. The van der Waals surface area contributed by atoms with Crippen molar-refractivity contribution < 1.29 is 9.52 Å². The second-order valence-corrected chi connectivity index (χ2v) is 4.17. The first kappa shape index (κ1) is 11.0. The summed E-state index contributed by atoms with van der Waals surface area (Å²) in [5.41, 5.74) is 1.43. The van der Waals surface area contributed by atoms with Crippen LogP contribution < -0.4 is 0 Å². The minimum absolute atomic E-state index is 0.205. The van der Waals surface area contributed by atoms with Gasteiger partial charge in [-0.15, -0.1) is 21.8 Å². The Bertz CT molecular complexity index is 508. The van der Waals surface area contributed by atoms with Crippen LogP contribution in [-0.2, 0) is 0 Å². The molecule has 84 valence electrons. The monoisotopic (exact) mass is 238 g/mol. The molecule has 0 bridgehead atoms. The summed E-state index contributed by atoms with van der Waals surface area (Å²) >= 11 is 5.83. The van der Waals surface area contributed by atoms with Crippen LogP contribution in [0.25, 0.3) is 11.5 Å². The molecule has 1 unspecified atom stereocenters. The molecule has 0 spiro atoms. The first-order chi connectivity index (χ1) is 7.59. The number of phenols is 1. The molecule has 2 aromatic rings. The fraction of sp³-hybridized carbons (Fsp3) is 0.273. The van der Waals surface area contributed by atoms with Crippen LogP contribution >= 0.6 is 11.6 Å². The van der Waals surface area contributed by atoms with Gasteiger partial charge in [-0.1, -0.05) is 6.07 Å². The van der Waals surface area contributed by atoms with E-state index in [2.05, 4.69) is 10.2 Å². The number of benzene rings is 1. The molecule has 1 aromatic heterocycles. The first-order valence-corrected chi connectivity index (χ1v) is 5.29. The Labute approximate surface area is 97.9 Å². The highest BCUT2D eigenvalue weighted by Gasteiger charge is 2.15. The number of aromatic nitrogens is 2. The van der Waals surface area contributed by atoms with E-state index in [0.717, 1.165) is 5.56 Å². The largest absolute Gasteiger partial charge is 0.508 e. The Morgan fingerprint density at radius 2 is 2.12 bits per heavy atom. The predicted octanol–water partition coefficient (Wildman–Crippen LogP) is 3.05. The van der Waals surface area contributed by atoms with Gasteiger partial charge in [0.25, 0.3) is 0 Å². The van der Waals surface area contributed by atoms with E-state index in [4.69, 9.17) is 16.0 Å². The number of phenolic OH excluding ortho intramolecular Hbond substituents is 1. The van der Waals surface area contributed by atoms with Crippen LogP contribution in [0.3, 0.4) is 0 Å². The quantitative estimate of drug-likeness (QED) is 0.817. The molecule has 0 aliphatic heterocycles. The molecule has 0 saturated heterocycles. The van der Waals surface area contributed by atoms with E-state index in [9.17, 15) is 5.11 Å². The molecular weight excluding hydrogens is 228 g/mol. The fourth-order valence-electron chi connectivity index (χ4n) is 1.36. The molecule has 4 nitrogen and oxygen atoms in total. The van der Waals surface area contributed by atoms with Crippen molar-refractivity contribution in [2.75, 3.05) is 0 Å². The summed E-state index contributed by atoms with van der Waals surface area (Å²) < 4.78 is 5.40. The van der Waals surface area contributed by atoms with Gasteiger partial charge in [-0.2, -0.15) is 0 Å². The highest BCUT2D eigenvalue weighted by atomic mass is 35.5. The van der Waals surface area contributed by atoms with Gasteiger partial charge >= 0.3 is 0 Å². The molecule has 1 N–H and O–H groups in total. The topological polar surface area (TPSA) is 59.2 Å². The Balaban J connectivity index is 2.47. The third-order valence-electron chi connectivity index (χ3n) is 2.32. The molecule has 1 heterocycles. The van der Waals surface area contributed by atoms with Crippen molar-refractivity contribution in [3.05, 3.63) is 29.7 Å². The van der Waals surface area contributed by atoms with E-state index in [1.54, 1.807) is 26.0 Å². The standard InChI is InChI=1S/C11H11ClN2O2/c1-6-8(4-3-5-9(6)15)11-14-13-10(16-11)7(2)12/h3-5,7,15H,1-2H3. The van der Waals surface area contributed by atoms with Crippen molar-refractivity contribution in [1.82, 2.24) is 10.2 Å². The molecule has 16 heavy (non-hydrogen) atoms. The number of nitrogens with zero attached hydrogens (tertiary/aromatic N) is 2.